The summed E-state index contributed by atoms with van der Waals surface area (Å²) in [6.07, 6.45) is 2.65. The first-order chi connectivity index (χ1) is 17.4. The molecule has 2 fully saturated rings. The minimum absolute atomic E-state index is 0.216. The third-order valence-electron chi connectivity index (χ3n) is 6.72. The van der Waals surface area contributed by atoms with Crippen LogP contribution in [-0.4, -0.2) is 71.2 Å². The van der Waals surface area contributed by atoms with Gasteiger partial charge in [0.2, 0.25) is 5.79 Å². The molecule has 2 atom stereocenters. The molecule has 192 valence electrons. The van der Waals surface area contributed by atoms with Gasteiger partial charge >= 0.3 is 0 Å². The van der Waals surface area contributed by atoms with Crippen molar-refractivity contribution in [3.05, 3.63) is 71.5 Å². The molecule has 2 aromatic carbocycles. The summed E-state index contributed by atoms with van der Waals surface area (Å²) < 4.78 is 33.8. The van der Waals surface area contributed by atoms with Crippen molar-refractivity contribution >= 4 is 17.3 Å². The maximum Gasteiger partial charge on any atom is 0.217 e. The highest BCUT2D eigenvalue weighted by Crippen LogP contribution is 2.40. The van der Waals surface area contributed by atoms with Crippen LogP contribution in [0, 0.1) is 5.82 Å². The fraction of sp³-hybridized carbons (Fsp3) is 0.462. The van der Waals surface area contributed by atoms with E-state index in [0.29, 0.717) is 24.8 Å². The lowest BCUT2D eigenvalue weighted by molar-refractivity contribution is -0.190. The zero-order valence-corrected chi connectivity index (χ0v) is 21.3. The van der Waals surface area contributed by atoms with Crippen molar-refractivity contribution in [3.63, 3.8) is 0 Å². The molecule has 2 saturated heterocycles. The number of rotatable bonds is 8. The molecule has 0 bridgehead atoms. The van der Waals surface area contributed by atoms with Crippen LogP contribution in [0.15, 0.2) is 55.1 Å². The first-order valence-corrected chi connectivity index (χ1v) is 12.6. The lowest BCUT2D eigenvalue weighted by atomic mass is 10.1. The molecular weight excluding hydrogens is 485 g/mol. The summed E-state index contributed by atoms with van der Waals surface area (Å²) in [5.74, 6) is -0.895. The largest absolute Gasteiger partial charge is 0.491 e. The minimum atomic E-state index is -1.23. The van der Waals surface area contributed by atoms with Gasteiger partial charge in [-0.3, -0.25) is 4.90 Å². The van der Waals surface area contributed by atoms with Crippen molar-refractivity contribution in [1.29, 1.82) is 0 Å². The van der Waals surface area contributed by atoms with E-state index in [-0.39, 0.29) is 17.7 Å². The van der Waals surface area contributed by atoms with Crippen LogP contribution in [-0.2, 0) is 21.8 Å². The molecule has 5 rings (SSSR count). The van der Waals surface area contributed by atoms with Crippen LogP contribution >= 0.6 is 11.6 Å². The van der Waals surface area contributed by atoms with E-state index in [1.807, 2.05) is 12.1 Å². The Bertz CT molecular complexity index is 1140. The SMILES string of the molecule is CC(C)N1CCN(c2ccc(OC[C@H]3CO[C@](Cn4cncn4)(c4ccc(F)cc4Cl)O3)cc2)CC1. The van der Waals surface area contributed by atoms with Crippen LogP contribution < -0.4 is 9.64 Å². The van der Waals surface area contributed by atoms with Gasteiger partial charge in [0.25, 0.3) is 0 Å². The Hall–Kier alpha value is -2.72. The number of anilines is 1. The van der Waals surface area contributed by atoms with Crippen molar-refractivity contribution in [2.45, 2.75) is 38.3 Å². The van der Waals surface area contributed by atoms with Crippen LogP contribution in [0.1, 0.15) is 19.4 Å². The number of aromatic nitrogens is 3. The number of piperazine rings is 1. The summed E-state index contributed by atoms with van der Waals surface area (Å²) in [6, 6.07) is 12.9. The molecule has 3 aromatic rings. The molecule has 0 amide bonds. The van der Waals surface area contributed by atoms with Gasteiger partial charge in [-0.05, 0) is 56.3 Å². The van der Waals surface area contributed by atoms with Crippen molar-refractivity contribution in [2.24, 2.45) is 0 Å². The van der Waals surface area contributed by atoms with E-state index in [0.717, 1.165) is 31.9 Å². The number of hydrogen-bond acceptors (Lipinski definition) is 7. The molecule has 0 unspecified atom stereocenters. The molecular formula is C26H31ClFN5O3. The van der Waals surface area contributed by atoms with Crippen molar-refractivity contribution < 1.29 is 18.6 Å². The van der Waals surface area contributed by atoms with Gasteiger partial charge in [-0.2, -0.15) is 5.10 Å². The number of halogens is 2. The van der Waals surface area contributed by atoms with Crippen LogP contribution in [0.3, 0.4) is 0 Å². The second-order valence-electron chi connectivity index (χ2n) is 9.44. The van der Waals surface area contributed by atoms with E-state index in [1.54, 1.807) is 17.1 Å². The fourth-order valence-corrected chi connectivity index (χ4v) is 5.03. The Morgan fingerprint density at radius 1 is 1.14 bits per heavy atom. The van der Waals surface area contributed by atoms with Gasteiger partial charge in [-0.25, -0.2) is 14.1 Å². The van der Waals surface area contributed by atoms with Gasteiger partial charge in [-0.15, -0.1) is 0 Å². The third-order valence-corrected chi connectivity index (χ3v) is 7.03. The Morgan fingerprint density at radius 2 is 1.92 bits per heavy atom. The molecule has 2 aliphatic heterocycles. The zero-order chi connectivity index (χ0) is 25.1. The summed E-state index contributed by atoms with van der Waals surface area (Å²) in [7, 11) is 0. The summed E-state index contributed by atoms with van der Waals surface area (Å²) >= 11 is 6.38. The van der Waals surface area contributed by atoms with E-state index in [1.165, 1.54) is 24.1 Å². The van der Waals surface area contributed by atoms with Crippen LogP contribution in [0.4, 0.5) is 10.1 Å². The summed E-state index contributed by atoms with van der Waals surface area (Å²) in [5.41, 5.74) is 1.73. The summed E-state index contributed by atoms with van der Waals surface area (Å²) in [5, 5.41) is 4.39. The molecule has 0 saturated carbocycles. The molecule has 3 heterocycles. The maximum absolute atomic E-state index is 13.7. The van der Waals surface area contributed by atoms with Gasteiger partial charge in [0, 0.05) is 43.5 Å². The molecule has 2 aliphatic rings. The quantitative estimate of drug-likeness (QED) is 0.450. The number of hydrogen-bond donors (Lipinski definition) is 0. The summed E-state index contributed by atoms with van der Waals surface area (Å²) in [4.78, 5) is 8.89. The standard InChI is InChI=1S/C26H31ClFN5O3/c1-19(2)31-9-11-32(12-10-31)21-4-6-22(7-5-21)34-14-23-15-35-26(36-23,16-33-18-29-17-30-33)24-8-3-20(28)13-25(24)27/h3-8,13,17-19,23H,9-12,14-16H2,1-2H3/t23-,26-/m0/s1. The van der Waals surface area contributed by atoms with Crippen molar-refractivity contribution in [3.8, 4) is 5.75 Å². The highest BCUT2D eigenvalue weighted by Gasteiger charge is 2.45. The monoisotopic (exact) mass is 515 g/mol. The summed E-state index contributed by atoms with van der Waals surface area (Å²) in [6.45, 7) is 9.48. The molecule has 10 heteroatoms. The van der Waals surface area contributed by atoms with E-state index in [9.17, 15) is 4.39 Å². The van der Waals surface area contributed by atoms with Crippen molar-refractivity contribution in [2.75, 3.05) is 44.3 Å². The van der Waals surface area contributed by atoms with Gasteiger partial charge < -0.3 is 19.1 Å². The smallest absolute Gasteiger partial charge is 0.217 e. The average Bonchev–Trinajstić information content (AvgIpc) is 3.54. The third kappa shape index (κ3) is 5.49. The van der Waals surface area contributed by atoms with Gasteiger partial charge in [-0.1, -0.05) is 11.6 Å². The van der Waals surface area contributed by atoms with Gasteiger partial charge in [0.05, 0.1) is 11.6 Å². The normalized spacial score (nSPS) is 22.9. The maximum atomic E-state index is 13.7. The lowest BCUT2D eigenvalue weighted by Crippen LogP contribution is -2.48. The molecule has 36 heavy (non-hydrogen) atoms. The molecule has 0 N–H and O–H groups in total. The predicted octanol–water partition coefficient (Wildman–Crippen LogP) is 3.95. The molecule has 0 spiro atoms. The fourth-order valence-electron chi connectivity index (χ4n) is 4.72. The number of nitrogens with zero attached hydrogens (tertiary/aromatic N) is 5. The van der Waals surface area contributed by atoms with Crippen LogP contribution in [0.25, 0.3) is 0 Å². The Labute approximate surface area is 215 Å². The number of benzene rings is 2. The second kappa shape index (κ2) is 10.7. The molecule has 0 aliphatic carbocycles. The Morgan fingerprint density at radius 3 is 2.58 bits per heavy atom. The van der Waals surface area contributed by atoms with E-state index < -0.39 is 11.6 Å². The van der Waals surface area contributed by atoms with Gasteiger partial charge in [0.1, 0.15) is 43.5 Å². The van der Waals surface area contributed by atoms with E-state index in [4.69, 9.17) is 25.8 Å². The Balaban J connectivity index is 1.21. The number of ether oxygens (including phenoxy) is 3. The first-order valence-electron chi connectivity index (χ1n) is 12.2. The highest BCUT2D eigenvalue weighted by atomic mass is 35.5. The average molecular weight is 516 g/mol. The van der Waals surface area contributed by atoms with Crippen LogP contribution in [0.2, 0.25) is 5.02 Å². The lowest BCUT2D eigenvalue weighted by Gasteiger charge is -2.38. The minimum Gasteiger partial charge on any atom is -0.491 e. The van der Waals surface area contributed by atoms with E-state index in [2.05, 4.69) is 45.9 Å². The molecule has 1 aromatic heterocycles. The topological polar surface area (TPSA) is 64.9 Å². The predicted molar refractivity (Wildman–Crippen MR) is 135 cm³/mol. The molecule has 0 radical (unpaired) electrons. The van der Waals surface area contributed by atoms with Crippen LogP contribution in [0.5, 0.6) is 5.75 Å². The molecule has 8 nitrogen and oxygen atoms in total. The first kappa shape index (κ1) is 25.0. The second-order valence-corrected chi connectivity index (χ2v) is 9.85. The van der Waals surface area contributed by atoms with Gasteiger partial charge in [0.15, 0.2) is 0 Å². The highest BCUT2D eigenvalue weighted by molar-refractivity contribution is 6.31. The van der Waals surface area contributed by atoms with E-state index >= 15 is 0 Å². The zero-order valence-electron chi connectivity index (χ0n) is 20.5. The van der Waals surface area contributed by atoms with Crippen molar-refractivity contribution in [1.82, 2.24) is 19.7 Å². The Kier molecular flexibility index (Phi) is 7.43.